The van der Waals surface area contributed by atoms with Crippen molar-refractivity contribution in [3.05, 3.63) is 0 Å². The number of hydrogen-bond donors (Lipinski definition) is 1. The first-order valence-electron chi connectivity index (χ1n) is 5.68. The quantitative estimate of drug-likeness (QED) is 0.668. The van der Waals surface area contributed by atoms with Gasteiger partial charge in [-0.3, -0.25) is 4.79 Å². The summed E-state index contributed by atoms with van der Waals surface area (Å²) >= 11 is 0. The zero-order chi connectivity index (χ0) is 10.8. The first-order valence-corrected chi connectivity index (χ1v) is 5.68. The molecule has 2 rings (SSSR count). The van der Waals surface area contributed by atoms with Gasteiger partial charge in [0.1, 0.15) is 0 Å². The van der Waals surface area contributed by atoms with Crippen molar-refractivity contribution < 1.29 is 4.79 Å². The van der Waals surface area contributed by atoms with E-state index in [0.717, 1.165) is 38.8 Å². The van der Waals surface area contributed by atoms with Crippen molar-refractivity contribution in [3.63, 3.8) is 0 Å². The summed E-state index contributed by atoms with van der Waals surface area (Å²) < 4.78 is 0. The lowest BCUT2D eigenvalue weighted by Gasteiger charge is -2.41. The fraction of sp³-hybridized carbons (Fsp3) is 0.900. The average Bonchev–Trinajstić information content (AvgIpc) is 2.40. The van der Waals surface area contributed by atoms with Crippen molar-refractivity contribution in [3.8, 4) is 0 Å². The molecule has 1 N–H and O–H groups in total. The Labute approximate surface area is 89.9 Å². The molecule has 2 heterocycles. The molecule has 0 spiro atoms. The molecule has 2 saturated heterocycles. The van der Waals surface area contributed by atoms with Crippen LogP contribution in [0.25, 0.3) is 0 Å². The van der Waals surface area contributed by atoms with Crippen molar-refractivity contribution in [2.45, 2.75) is 38.8 Å². The Balaban J connectivity index is 2.22. The van der Waals surface area contributed by atoms with Crippen LogP contribution in [-0.2, 0) is 4.79 Å². The molecule has 84 valence electrons. The van der Waals surface area contributed by atoms with Crippen LogP contribution in [0.2, 0.25) is 0 Å². The van der Waals surface area contributed by atoms with E-state index in [0.29, 0.717) is 0 Å². The molecule has 15 heavy (non-hydrogen) atoms. The third-order valence-corrected chi connectivity index (χ3v) is 3.32. The standard InChI is InChI=1S/C10H18N4O/c1-8-4-2-6-13-7-3-5-9(12-11)14(13)10(8)15/h8-9,11H,2-7H2,1H3. The zero-order valence-corrected chi connectivity index (χ0v) is 9.15. The molecule has 5 heteroatoms. The maximum atomic E-state index is 12.1. The van der Waals surface area contributed by atoms with E-state index >= 15 is 0 Å². The Hall–Kier alpha value is -0.970. The van der Waals surface area contributed by atoms with E-state index in [-0.39, 0.29) is 18.0 Å². The van der Waals surface area contributed by atoms with Crippen molar-refractivity contribution in [1.82, 2.24) is 10.0 Å². The highest BCUT2D eigenvalue weighted by Crippen LogP contribution is 2.26. The molecule has 0 bridgehead atoms. The lowest BCUT2D eigenvalue weighted by Crippen LogP contribution is -2.55. The fourth-order valence-corrected chi connectivity index (χ4v) is 2.43. The van der Waals surface area contributed by atoms with Crippen molar-refractivity contribution >= 4 is 5.91 Å². The second kappa shape index (κ2) is 4.26. The van der Waals surface area contributed by atoms with Gasteiger partial charge in [-0.25, -0.2) is 15.5 Å². The van der Waals surface area contributed by atoms with Gasteiger partial charge in [0.25, 0.3) is 0 Å². The molecule has 2 aliphatic heterocycles. The number of nitrogens with zero attached hydrogens (tertiary/aromatic N) is 3. The lowest BCUT2D eigenvalue weighted by molar-refractivity contribution is -0.162. The summed E-state index contributed by atoms with van der Waals surface area (Å²) in [5.74, 6) is 0.227. The van der Waals surface area contributed by atoms with E-state index < -0.39 is 0 Å². The number of carbonyl (C=O) groups is 1. The summed E-state index contributed by atoms with van der Waals surface area (Å²) in [6.45, 7) is 3.84. The van der Waals surface area contributed by atoms with Gasteiger partial charge >= 0.3 is 0 Å². The molecular formula is C10H18N4O. The van der Waals surface area contributed by atoms with Gasteiger partial charge in [0.2, 0.25) is 5.91 Å². The first kappa shape index (κ1) is 10.5. The summed E-state index contributed by atoms with van der Waals surface area (Å²) in [6, 6.07) is 0. The number of hydrazine groups is 1. The molecule has 0 aromatic rings. The minimum absolute atomic E-state index is 0.0809. The number of hydrogen-bond acceptors (Lipinski definition) is 4. The maximum Gasteiger partial charge on any atom is 0.241 e. The fourth-order valence-electron chi connectivity index (χ4n) is 2.43. The summed E-state index contributed by atoms with van der Waals surface area (Å²) in [5.41, 5.74) is 7.15. The molecule has 0 aliphatic carbocycles. The van der Waals surface area contributed by atoms with E-state index in [1.165, 1.54) is 0 Å². The molecular weight excluding hydrogens is 192 g/mol. The first-order chi connectivity index (χ1) is 7.24. The summed E-state index contributed by atoms with van der Waals surface area (Å²) in [7, 11) is 0. The molecule has 1 amide bonds. The van der Waals surface area contributed by atoms with Crippen LogP contribution < -0.4 is 0 Å². The Bertz CT molecular complexity index is 268. The van der Waals surface area contributed by atoms with Crippen LogP contribution in [0.15, 0.2) is 5.11 Å². The molecule has 5 nitrogen and oxygen atoms in total. The highest BCUT2D eigenvalue weighted by molar-refractivity contribution is 5.78. The minimum atomic E-state index is -0.244. The number of rotatable bonds is 1. The normalized spacial score (nSPS) is 33.4. The van der Waals surface area contributed by atoms with Crippen molar-refractivity contribution in [1.29, 1.82) is 5.53 Å². The van der Waals surface area contributed by atoms with Crippen molar-refractivity contribution in [2.24, 2.45) is 11.0 Å². The molecule has 0 radical (unpaired) electrons. The van der Waals surface area contributed by atoms with Crippen LogP contribution in [-0.4, -0.2) is 35.2 Å². The molecule has 0 aromatic carbocycles. The highest BCUT2D eigenvalue weighted by Gasteiger charge is 2.36. The SMILES string of the molecule is CC1CCCN2CCCC(N=N)N2C1=O. The summed E-state index contributed by atoms with van der Waals surface area (Å²) in [5, 5.41) is 7.38. The molecule has 0 aromatic heterocycles. The zero-order valence-electron chi connectivity index (χ0n) is 9.15. The average molecular weight is 210 g/mol. The molecule has 0 saturated carbocycles. The van der Waals surface area contributed by atoms with Gasteiger partial charge in [-0.05, 0) is 25.7 Å². The highest BCUT2D eigenvalue weighted by atomic mass is 16.2. The van der Waals surface area contributed by atoms with Gasteiger partial charge in [0.15, 0.2) is 6.17 Å². The van der Waals surface area contributed by atoms with E-state index in [1.807, 2.05) is 6.92 Å². The second-order valence-electron chi connectivity index (χ2n) is 4.43. The third-order valence-electron chi connectivity index (χ3n) is 3.32. The third kappa shape index (κ3) is 1.88. The Morgan fingerprint density at radius 3 is 2.67 bits per heavy atom. The summed E-state index contributed by atoms with van der Waals surface area (Å²) in [4.78, 5) is 12.1. The predicted octanol–water partition coefficient (Wildman–Crippen LogP) is 1.61. The van der Waals surface area contributed by atoms with Gasteiger partial charge < -0.3 is 0 Å². The maximum absolute atomic E-state index is 12.1. The smallest absolute Gasteiger partial charge is 0.241 e. The number of carbonyl (C=O) groups excluding carboxylic acids is 1. The van der Waals surface area contributed by atoms with Gasteiger partial charge in [-0.1, -0.05) is 6.92 Å². The van der Waals surface area contributed by atoms with Gasteiger partial charge in [-0.2, -0.15) is 5.11 Å². The number of amides is 1. The van der Waals surface area contributed by atoms with Crippen LogP contribution >= 0.6 is 0 Å². The molecule has 2 aliphatic rings. The Morgan fingerprint density at radius 1 is 1.33 bits per heavy atom. The summed E-state index contributed by atoms with van der Waals surface area (Å²) in [6.07, 6.45) is 3.64. The van der Waals surface area contributed by atoms with Gasteiger partial charge in [0, 0.05) is 19.0 Å². The Kier molecular flexibility index (Phi) is 3.00. The predicted molar refractivity (Wildman–Crippen MR) is 55.0 cm³/mol. The van der Waals surface area contributed by atoms with Crippen LogP contribution in [0.3, 0.4) is 0 Å². The topological polar surface area (TPSA) is 59.8 Å². The largest absolute Gasteiger partial charge is 0.273 e. The number of fused-ring (bicyclic) bond motifs is 1. The van der Waals surface area contributed by atoms with E-state index in [9.17, 15) is 4.79 Å². The van der Waals surface area contributed by atoms with Crippen LogP contribution in [0, 0.1) is 11.4 Å². The minimum Gasteiger partial charge on any atom is -0.273 e. The lowest BCUT2D eigenvalue weighted by atomic mass is 10.1. The van der Waals surface area contributed by atoms with E-state index in [1.54, 1.807) is 5.01 Å². The molecule has 2 fully saturated rings. The van der Waals surface area contributed by atoms with Crippen LogP contribution in [0.4, 0.5) is 0 Å². The monoisotopic (exact) mass is 210 g/mol. The van der Waals surface area contributed by atoms with Gasteiger partial charge in [-0.15, -0.1) is 0 Å². The number of nitrogens with one attached hydrogen (secondary N) is 1. The van der Waals surface area contributed by atoms with E-state index in [4.69, 9.17) is 5.53 Å². The van der Waals surface area contributed by atoms with Crippen molar-refractivity contribution in [2.75, 3.05) is 13.1 Å². The van der Waals surface area contributed by atoms with Crippen LogP contribution in [0.1, 0.15) is 32.6 Å². The van der Waals surface area contributed by atoms with E-state index in [2.05, 4.69) is 10.1 Å². The Morgan fingerprint density at radius 2 is 2.00 bits per heavy atom. The van der Waals surface area contributed by atoms with Crippen LogP contribution in [0.5, 0.6) is 0 Å². The molecule has 2 unspecified atom stereocenters. The molecule has 2 atom stereocenters. The second-order valence-corrected chi connectivity index (χ2v) is 4.43. The van der Waals surface area contributed by atoms with Gasteiger partial charge in [0.05, 0.1) is 0 Å².